The summed E-state index contributed by atoms with van der Waals surface area (Å²) in [4.78, 5) is 17.1. The molecule has 0 bridgehead atoms. The summed E-state index contributed by atoms with van der Waals surface area (Å²) < 4.78 is 2.18. The Balaban J connectivity index is 2.08. The second-order valence-electron chi connectivity index (χ2n) is 7.09. The third-order valence-electron chi connectivity index (χ3n) is 4.83. The Labute approximate surface area is 186 Å². The predicted molar refractivity (Wildman–Crippen MR) is 125 cm³/mol. The fourth-order valence-electron chi connectivity index (χ4n) is 3.14. The largest absolute Gasteiger partial charge is 0.478 e. The Bertz CT molecular complexity index is 1060. The highest BCUT2D eigenvalue weighted by Gasteiger charge is 2.13. The van der Waals surface area contributed by atoms with Crippen LogP contribution in [0.2, 0.25) is 5.02 Å². The summed E-state index contributed by atoms with van der Waals surface area (Å²) in [6, 6.07) is 11.8. The summed E-state index contributed by atoms with van der Waals surface area (Å²) in [5.41, 5.74) is 3.10. The Morgan fingerprint density at radius 2 is 2.07 bits per heavy atom. The van der Waals surface area contributed by atoms with Crippen molar-refractivity contribution in [1.82, 2.24) is 9.55 Å². The van der Waals surface area contributed by atoms with E-state index in [1.54, 1.807) is 24.3 Å². The molecule has 0 aliphatic rings. The number of thiophene rings is 1. The number of aliphatic carboxylic acids is 1. The molecule has 0 radical (unpaired) electrons. The van der Waals surface area contributed by atoms with E-state index in [0.29, 0.717) is 6.54 Å². The van der Waals surface area contributed by atoms with E-state index in [0.717, 1.165) is 51.8 Å². The molecule has 1 aromatic carbocycles. The molecule has 30 heavy (non-hydrogen) atoms. The van der Waals surface area contributed by atoms with Crippen LogP contribution in [-0.2, 0) is 17.8 Å². The molecule has 0 aliphatic heterocycles. The van der Waals surface area contributed by atoms with Gasteiger partial charge in [0.15, 0.2) is 0 Å². The molecular formula is C24H25ClN2O2S. The second kappa shape index (κ2) is 10.4. The quantitative estimate of drug-likeness (QED) is 0.302. The molecular weight excluding hydrogens is 416 g/mol. The first-order chi connectivity index (χ1) is 14.5. The van der Waals surface area contributed by atoms with Crippen LogP contribution < -0.4 is 0 Å². The number of hydrogen-bond acceptors (Lipinski definition) is 3. The number of allylic oxidation sites excluding steroid dienone is 2. The number of nitrogens with zero attached hydrogens (tertiary/aromatic N) is 2. The number of aromatic nitrogens is 2. The minimum absolute atomic E-state index is 0.290. The molecule has 3 rings (SSSR count). The van der Waals surface area contributed by atoms with E-state index in [9.17, 15) is 9.90 Å². The van der Waals surface area contributed by atoms with E-state index in [-0.39, 0.29) is 5.57 Å². The monoisotopic (exact) mass is 440 g/mol. The second-order valence-corrected chi connectivity index (χ2v) is 8.44. The van der Waals surface area contributed by atoms with Crippen molar-refractivity contribution in [2.75, 3.05) is 0 Å². The van der Waals surface area contributed by atoms with Crippen molar-refractivity contribution >= 4 is 40.6 Å². The molecule has 0 aliphatic carbocycles. The van der Waals surface area contributed by atoms with Gasteiger partial charge in [-0.15, -0.1) is 11.3 Å². The van der Waals surface area contributed by atoms with Crippen LogP contribution in [0.1, 0.15) is 48.6 Å². The molecule has 0 atom stereocenters. The minimum Gasteiger partial charge on any atom is -0.478 e. The van der Waals surface area contributed by atoms with Crippen molar-refractivity contribution in [1.29, 1.82) is 0 Å². The first kappa shape index (κ1) is 22.1. The van der Waals surface area contributed by atoms with Gasteiger partial charge in [-0.3, -0.25) is 0 Å². The van der Waals surface area contributed by atoms with Crippen molar-refractivity contribution in [3.8, 4) is 0 Å². The van der Waals surface area contributed by atoms with Crippen LogP contribution in [0, 0.1) is 0 Å². The molecule has 4 nitrogen and oxygen atoms in total. The number of rotatable bonds is 9. The molecule has 0 amide bonds. The fraction of sp³-hybridized carbons (Fsp3) is 0.250. The van der Waals surface area contributed by atoms with E-state index in [2.05, 4.69) is 16.5 Å². The van der Waals surface area contributed by atoms with Crippen LogP contribution in [0.25, 0.3) is 11.6 Å². The van der Waals surface area contributed by atoms with E-state index < -0.39 is 5.97 Å². The Morgan fingerprint density at radius 1 is 1.27 bits per heavy atom. The highest BCUT2D eigenvalue weighted by atomic mass is 35.5. The molecule has 2 heterocycles. The van der Waals surface area contributed by atoms with Crippen LogP contribution in [0.15, 0.2) is 59.6 Å². The van der Waals surface area contributed by atoms with E-state index in [1.807, 2.05) is 54.1 Å². The van der Waals surface area contributed by atoms with Gasteiger partial charge in [-0.05, 0) is 54.1 Å². The zero-order chi connectivity index (χ0) is 21.5. The molecule has 2 aromatic heterocycles. The van der Waals surface area contributed by atoms with Crippen molar-refractivity contribution < 1.29 is 9.90 Å². The van der Waals surface area contributed by atoms with Gasteiger partial charge in [0.2, 0.25) is 0 Å². The lowest BCUT2D eigenvalue weighted by Gasteiger charge is -2.12. The number of imidazole rings is 1. The highest BCUT2D eigenvalue weighted by Crippen LogP contribution is 2.27. The predicted octanol–water partition coefficient (Wildman–Crippen LogP) is 6.56. The van der Waals surface area contributed by atoms with Gasteiger partial charge in [0.05, 0.1) is 18.4 Å². The lowest BCUT2D eigenvalue weighted by atomic mass is 10.1. The summed E-state index contributed by atoms with van der Waals surface area (Å²) in [6.45, 7) is 4.39. The average Bonchev–Trinajstić information content (AvgIpc) is 3.38. The normalized spacial score (nSPS) is 12.4. The van der Waals surface area contributed by atoms with Crippen LogP contribution in [0.3, 0.4) is 0 Å². The van der Waals surface area contributed by atoms with Gasteiger partial charge in [0.1, 0.15) is 5.82 Å². The number of aryl methyl sites for hydroxylation is 1. The number of carboxylic acid groups (broad SMARTS) is 1. The van der Waals surface area contributed by atoms with Crippen molar-refractivity contribution in [3.05, 3.63) is 86.6 Å². The molecule has 0 saturated carbocycles. The first-order valence-corrected chi connectivity index (χ1v) is 11.2. The lowest BCUT2D eigenvalue weighted by Crippen LogP contribution is -2.08. The Hall–Kier alpha value is -2.63. The molecule has 0 unspecified atom stereocenters. The third-order valence-corrected chi connectivity index (χ3v) is 6.12. The summed E-state index contributed by atoms with van der Waals surface area (Å²) >= 11 is 8.00. The first-order valence-electron chi connectivity index (χ1n) is 9.94. The number of carboxylic acids is 1. The van der Waals surface area contributed by atoms with E-state index in [4.69, 9.17) is 11.6 Å². The maximum absolute atomic E-state index is 11.4. The summed E-state index contributed by atoms with van der Waals surface area (Å²) in [5.74, 6) is 0.0816. The topological polar surface area (TPSA) is 55.1 Å². The van der Waals surface area contributed by atoms with Gasteiger partial charge in [-0.2, -0.15) is 0 Å². The maximum Gasteiger partial charge on any atom is 0.331 e. The van der Waals surface area contributed by atoms with Crippen LogP contribution >= 0.6 is 22.9 Å². The van der Waals surface area contributed by atoms with Gasteiger partial charge in [0, 0.05) is 21.9 Å². The standard InChI is InChI=1S/C24H25ClN2O2S/c1-3-4-11-23-26-15-20(27(23)16-18-8-5-6-9-21(18)25)14-19(13-17(2)24(28)29)22-10-7-12-30-22/h5-10,12-15H,3-4,11,16H2,1-2H3,(H,28,29)/b17-13+,19-14+. The Kier molecular flexibility index (Phi) is 7.66. The summed E-state index contributed by atoms with van der Waals surface area (Å²) in [6.07, 6.45) is 8.61. The van der Waals surface area contributed by atoms with E-state index in [1.165, 1.54) is 0 Å². The molecule has 0 fully saturated rings. The molecule has 3 aromatic rings. The lowest BCUT2D eigenvalue weighted by molar-refractivity contribution is -0.132. The zero-order valence-electron chi connectivity index (χ0n) is 17.1. The van der Waals surface area contributed by atoms with Crippen LogP contribution in [-0.4, -0.2) is 20.6 Å². The van der Waals surface area contributed by atoms with Gasteiger partial charge in [-0.1, -0.05) is 49.2 Å². The van der Waals surface area contributed by atoms with Crippen molar-refractivity contribution in [3.63, 3.8) is 0 Å². The minimum atomic E-state index is -0.925. The van der Waals surface area contributed by atoms with Gasteiger partial charge in [0.25, 0.3) is 0 Å². The summed E-state index contributed by atoms with van der Waals surface area (Å²) in [7, 11) is 0. The van der Waals surface area contributed by atoms with Crippen LogP contribution in [0.5, 0.6) is 0 Å². The van der Waals surface area contributed by atoms with Crippen molar-refractivity contribution in [2.45, 2.75) is 39.7 Å². The molecule has 0 saturated heterocycles. The number of hydrogen-bond donors (Lipinski definition) is 1. The van der Waals surface area contributed by atoms with E-state index >= 15 is 0 Å². The SMILES string of the molecule is CCCCc1ncc(/C=C(\C=C(/C)C(=O)O)c2cccs2)n1Cc1ccccc1Cl. The van der Waals surface area contributed by atoms with Gasteiger partial charge < -0.3 is 9.67 Å². The number of carbonyl (C=O) groups is 1. The zero-order valence-corrected chi connectivity index (χ0v) is 18.7. The number of halogens is 1. The summed E-state index contributed by atoms with van der Waals surface area (Å²) in [5, 5.41) is 12.1. The Morgan fingerprint density at radius 3 is 2.73 bits per heavy atom. The van der Waals surface area contributed by atoms with Gasteiger partial charge >= 0.3 is 5.97 Å². The van der Waals surface area contributed by atoms with Crippen LogP contribution in [0.4, 0.5) is 0 Å². The maximum atomic E-state index is 11.4. The fourth-order valence-corrected chi connectivity index (χ4v) is 4.05. The molecule has 156 valence electrons. The van der Waals surface area contributed by atoms with Crippen molar-refractivity contribution in [2.24, 2.45) is 0 Å². The molecule has 6 heteroatoms. The third kappa shape index (κ3) is 5.49. The number of unbranched alkanes of at least 4 members (excludes halogenated alkanes) is 1. The number of benzene rings is 1. The average molecular weight is 441 g/mol. The molecule has 0 spiro atoms. The van der Waals surface area contributed by atoms with Gasteiger partial charge in [-0.25, -0.2) is 9.78 Å². The smallest absolute Gasteiger partial charge is 0.331 e. The highest BCUT2D eigenvalue weighted by molar-refractivity contribution is 7.11. The molecule has 1 N–H and O–H groups in total.